The van der Waals surface area contributed by atoms with Gasteiger partial charge in [0.2, 0.25) is 0 Å². The van der Waals surface area contributed by atoms with Gasteiger partial charge in [0.25, 0.3) is 0 Å². The number of carbonyl (C=O) groups is 3. The lowest BCUT2D eigenvalue weighted by Gasteiger charge is -2.18. The number of hydrogen-bond acceptors (Lipinski definition) is 6. The van der Waals surface area contributed by atoms with Crippen molar-refractivity contribution in [3.05, 3.63) is 60.8 Å². The van der Waals surface area contributed by atoms with Gasteiger partial charge in [-0.25, -0.2) is 0 Å². The van der Waals surface area contributed by atoms with Gasteiger partial charge in [-0.3, -0.25) is 14.4 Å². The fourth-order valence-corrected chi connectivity index (χ4v) is 6.59. The van der Waals surface area contributed by atoms with Crippen LogP contribution in [0.5, 0.6) is 0 Å². The minimum Gasteiger partial charge on any atom is -0.462 e. The molecule has 0 aliphatic carbocycles. The normalized spacial score (nSPS) is 12.5. The average Bonchev–Trinajstić information content (AvgIpc) is 3.22. The van der Waals surface area contributed by atoms with E-state index < -0.39 is 6.10 Å². The Labute approximate surface area is 358 Å². The van der Waals surface area contributed by atoms with Crippen molar-refractivity contribution in [1.82, 2.24) is 0 Å². The number of unbranched alkanes of at least 4 members (excludes halogenated alkanes) is 22. The van der Waals surface area contributed by atoms with Crippen LogP contribution in [0.25, 0.3) is 0 Å². The summed E-state index contributed by atoms with van der Waals surface area (Å²) in [5.74, 6) is -0.933. The summed E-state index contributed by atoms with van der Waals surface area (Å²) in [4.78, 5) is 37.8. The predicted molar refractivity (Wildman–Crippen MR) is 247 cm³/mol. The minimum atomic E-state index is -0.791. The van der Waals surface area contributed by atoms with Crippen molar-refractivity contribution < 1.29 is 28.6 Å². The zero-order chi connectivity index (χ0) is 42.3. The fraction of sp³-hybridized carbons (Fsp3) is 0.750. The van der Waals surface area contributed by atoms with Crippen LogP contribution in [0.15, 0.2) is 60.8 Å². The number of esters is 3. The molecule has 0 heterocycles. The van der Waals surface area contributed by atoms with Gasteiger partial charge in [-0.2, -0.15) is 0 Å². The number of allylic oxidation sites excluding steroid dienone is 10. The fourth-order valence-electron chi connectivity index (χ4n) is 6.59. The van der Waals surface area contributed by atoms with E-state index in [0.717, 1.165) is 109 Å². The molecule has 0 amide bonds. The summed E-state index contributed by atoms with van der Waals surface area (Å²) in [6.07, 6.45) is 56.3. The van der Waals surface area contributed by atoms with Gasteiger partial charge in [-0.15, -0.1) is 0 Å². The van der Waals surface area contributed by atoms with Crippen LogP contribution in [-0.2, 0) is 28.6 Å². The standard InChI is InChI=1S/C52H90O6/c1-4-7-10-13-16-19-22-25-28-30-33-36-39-42-45-51(54)57-48-49(58-52(55)46-43-40-37-34-31-27-24-21-18-15-12-9-6-3)47-56-50(53)44-41-38-35-32-29-26-23-20-17-14-11-8-5-2/h9,12-13,16,18,21-22,25,27,31,49H,4-8,10-11,14-15,17,19-20,23-24,26,28-30,32-48H2,1-3H3/b12-9-,16-13-,21-18-,25-22-,31-27-. The summed E-state index contributed by atoms with van der Waals surface area (Å²) in [5, 5.41) is 0. The molecule has 0 aromatic carbocycles. The van der Waals surface area contributed by atoms with Gasteiger partial charge in [0.1, 0.15) is 13.2 Å². The largest absolute Gasteiger partial charge is 0.462 e. The molecule has 58 heavy (non-hydrogen) atoms. The van der Waals surface area contributed by atoms with E-state index >= 15 is 0 Å². The number of ether oxygens (including phenoxy) is 3. The topological polar surface area (TPSA) is 78.9 Å². The lowest BCUT2D eigenvalue weighted by atomic mass is 10.0. The van der Waals surface area contributed by atoms with Crippen LogP contribution in [0.4, 0.5) is 0 Å². The Kier molecular flexibility index (Phi) is 44.5. The first-order chi connectivity index (χ1) is 28.5. The van der Waals surface area contributed by atoms with Crippen molar-refractivity contribution in [3.8, 4) is 0 Å². The second-order valence-corrected chi connectivity index (χ2v) is 16.0. The van der Waals surface area contributed by atoms with Crippen LogP contribution in [0.3, 0.4) is 0 Å². The highest BCUT2D eigenvalue weighted by Crippen LogP contribution is 2.14. The van der Waals surface area contributed by atoms with Crippen LogP contribution in [-0.4, -0.2) is 37.2 Å². The van der Waals surface area contributed by atoms with E-state index in [0.29, 0.717) is 19.3 Å². The van der Waals surface area contributed by atoms with Crippen molar-refractivity contribution in [3.63, 3.8) is 0 Å². The van der Waals surface area contributed by atoms with Gasteiger partial charge in [0.15, 0.2) is 6.10 Å². The minimum absolute atomic E-state index is 0.0893. The Bertz CT molecular complexity index is 1070. The summed E-state index contributed by atoms with van der Waals surface area (Å²) in [7, 11) is 0. The Morgan fingerprint density at radius 1 is 0.362 bits per heavy atom. The molecule has 0 aliphatic heterocycles. The highest BCUT2D eigenvalue weighted by molar-refractivity contribution is 5.71. The maximum Gasteiger partial charge on any atom is 0.306 e. The summed E-state index contributed by atoms with van der Waals surface area (Å²) >= 11 is 0. The molecule has 6 heteroatoms. The van der Waals surface area contributed by atoms with E-state index in [4.69, 9.17) is 14.2 Å². The molecule has 1 unspecified atom stereocenters. The first-order valence-corrected chi connectivity index (χ1v) is 24.3. The van der Waals surface area contributed by atoms with Crippen molar-refractivity contribution >= 4 is 17.9 Å². The van der Waals surface area contributed by atoms with Crippen molar-refractivity contribution in [2.75, 3.05) is 13.2 Å². The lowest BCUT2D eigenvalue weighted by molar-refractivity contribution is -0.167. The number of hydrogen-bond donors (Lipinski definition) is 0. The molecule has 0 N–H and O–H groups in total. The molecular weight excluding hydrogens is 721 g/mol. The highest BCUT2D eigenvalue weighted by Gasteiger charge is 2.19. The monoisotopic (exact) mass is 811 g/mol. The summed E-state index contributed by atoms with van der Waals surface area (Å²) in [5.41, 5.74) is 0. The molecule has 0 saturated carbocycles. The van der Waals surface area contributed by atoms with E-state index in [1.807, 2.05) is 0 Å². The third kappa shape index (κ3) is 44.2. The van der Waals surface area contributed by atoms with E-state index in [1.54, 1.807) is 0 Å². The van der Waals surface area contributed by atoms with Gasteiger partial charge < -0.3 is 14.2 Å². The van der Waals surface area contributed by atoms with Crippen molar-refractivity contribution in [2.24, 2.45) is 0 Å². The molecule has 0 radical (unpaired) electrons. The average molecular weight is 811 g/mol. The van der Waals surface area contributed by atoms with E-state index in [-0.39, 0.29) is 31.1 Å². The molecule has 334 valence electrons. The third-order valence-corrected chi connectivity index (χ3v) is 10.3. The van der Waals surface area contributed by atoms with Crippen LogP contribution in [0.2, 0.25) is 0 Å². The smallest absolute Gasteiger partial charge is 0.306 e. The van der Waals surface area contributed by atoms with Gasteiger partial charge in [-0.05, 0) is 77.0 Å². The SMILES string of the molecule is CC/C=C\C/C=C\C/C=C\CCCCCC(=O)OC(COC(=O)CCCCCCC/C=C\C/C=C\CCCC)COC(=O)CCCCCCCCCCCCCCC. The van der Waals surface area contributed by atoms with Crippen molar-refractivity contribution in [1.29, 1.82) is 0 Å². The first-order valence-electron chi connectivity index (χ1n) is 24.3. The Morgan fingerprint density at radius 3 is 1.12 bits per heavy atom. The molecule has 0 rings (SSSR count). The van der Waals surface area contributed by atoms with Crippen LogP contribution in [0.1, 0.15) is 233 Å². The molecule has 0 spiro atoms. The molecule has 0 saturated heterocycles. The molecular formula is C52H90O6. The molecule has 0 fully saturated rings. The summed E-state index contributed by atoms with van der Waals surface area (Å²) in [6, 6.07) is 0. The first kappa shape index (κ1) is 55.1. The van der Waals surface area contributed by atoms with Gasteiger partial charge in [-0.1, -0.05) is 197 Å². The third-order valence-electron chi connectivity index (χ3n) is 10.3. The zero-order valence-electron chi connectivity index (χ0n) is 38.0. The van der Waals surface area contributed by atoms with Crippen molar-refractivity contribution in [2.45, 2.75) is 239 Å². The maximum absolute atomic E-state index is 12.7. The van der Waals surface area contributed by atoms with Gasteiger partial charge in [0, 0.05) is 19.3 Å². The summed E-state index contributed by atoms with van der Waals surface area (Å²) < 4.78 is 16.7. The second-order valence-electron chi connectivity index (χ2n) is 16.0. The molecule has 0 aromatic rings. The second kappa shape index (κ2) is 46.8. The lowest BCUT2D eigenvalue weighted by Crippen LogP contribution is -2.30. The molecule has 0 bridgehead atoms. The highest BCUT2D eigenvalue weighted by atomic mass is 16.6. The van der Waals surface area contributed by atoms with E-state index in [2.05, 4.69) is 81.5 Å². The van der Waals surface area contributed by atoms with Gasteiger partial charge >= 0.3 is 17.9 Å². The predicted octanol–water partition coefficient (Wildman–Crippen LogP) is 15.7. The quantitative estimate of drug-likeness (QED) is 0.0264. The number of carbonyl (C=O) groups excluding carboxylic acids is 3. The van der Waals surface area contributed by atoms with Gasteiger partial charge in [0.05, 0.1) is 0 Å². The number of rotatable bonds is 43. The molecule has 6 nitrogen and oxygen atoms in total. The molecule has 0 aromatic heterocycles. The zero-order valence-corrected chi connectivity index (χ0v) is 38.0. The molecule has 0 aliphatic rings. The van der Waals surface area contributed by atoms with Crippen LogP contribution < -0.4 is 0 Å². The van der Waals surface area contributed by atoms with Crippen LogP contribution in [0, 0.1) is 0 Å². The van der Waals surface area contributed by atoms with Crippen LogP contribution >= 0.6 is 0 Å². The Hall–Kier alpha value is -2.89. The molecule has 1 atom stereocenters. The van der Waals surface area contributed by atoms with E-state index in [1.165, 1.54) is 83.5 Å². The Balaban J connectivity index is 4.44. The van der Waals surface area contributed by atoms with E-state index in [9.17, 15) is 14.4 Å². The summed E-state index contributed by atoms with van der Waals surface area (Å²) in [6.45, 7) is 6.44. The maximum atomic E-state index is 12.7. The Morgan fingerprint density at radius 2 is 0.690 bits per heavy atom.